The van der Waals surface area contributed by atoms with E-state index in [9.17, 15) is 18.0 Å². The summed E-state index contributed by atoms with van der Waals surface area (Å²) in [5, 5.41) is 2.87. The van der Waals surface area contributed by atoms with Gasteiger partial charge in [0.05, 0.1) is 5.56 Å². The second kappa shape index (κ2) is 8.56. The van der Waals surface area contributed by atoms with Crippen LogP contribution in [0.1, 0.15) is 43.7 Å². The Kier molecular flexibility index (Phi) is 6.58. The molecule has 0 spiro atoms. The zero-order chi connectivity index (χ0) is 21.8. The second-order valence-corrected chi connectivity index (χ2v) is 7.54. The van der Waals surface area contributed by atoms with Gasteiger partial charge < -0.3 is 5.32 Å². The highest BCUT2D eigenvalue weighted by molar-refractivity contribution is 6.10. The van der Waals surface area contributed by atoms with Crippen molar-refractivity contribution < 1.29 is 18.0 Å². The molecule has 0 fully saturated rings. The molecule has 0 bridgehead atoms. The number of aromatic nitrogens is 1. The number of benzene rings is 1. The highest BCUT2D eigenvalue weighted by Crippen LogP contribution is 2.32. The Morgan fingerprint density at radius 3 is 2.31 bits per heavy atom. The second-order valence-electron chi connectivity index (χ2n) is 7.54. The molecule has 1 aromatic heterocycles. The fourth-order valence-electron chi connectivity index (χ4n) is 2.68. The lowest BCUT2D eigenvalue weighted by Gasteiger charge is -2.35. The zero-order valence-electron chi connectivity index (χ0n) is 16.8. The fraction of sp³-hybridized carbons (Fsp3) is 0.364. The van der Waals surface area contributed by atoms with Crippen LogP contribution >= 0.6 is 0 Å². The fourth-order valence-corrected chi connectivity index (χ4v) is 2.68. The summed E-state index contributed by atoms with van der Waals surface area (Å²) in [7, 11) is 0. The first kappa shape index (κ1) is 22.3. The van der Waals surface area contributed by atoms with E-state index < -0.39 is 23.3 Å². The third-order valence-electron chi connectivity index (χ3n) is 4.22. The highest BCUT2D eigenvalue weighted by atomic mass is 19.4. The van der Waals surface area contributed by atoms with Crippen molar-refractivity contribution >= 4 is 17.4 Å². The Bertz CT molecular complexity index is 900. The lowest BCUT2D eigenvalue weighted by Crippen LogP contribution is -2.47. The van der Waals surface area contributed by atoms with Gasteiger partial charge in [0.2, 0.25) is 0 Å². The molecule has 1 N–H and O–H groups in total. The highest BCUT2D eigenvalue weighted by Gasteiger charge is 2.36. The number of para-hydroxylation sites is 1. The van der Waals surface area contributed by atoms with Crippen molar-refractivity contribution in [2.75, 3.05) is 16.8 Å². The molecule has 1 amide bonds. The number of rotatable bonds is 6. The van der Waals surface area contributed by atoms with E-state index >= 15 is 0 Å². The first-order valence-corrected chi connectivity index (χ1v) is 9.17. The quantitative estimate of drug-likeness (QED) is 0.672. The van der Waals surface area contributed by atoms with E-state index in [2.05, 4.69) is 16.2 Å². The average Bonchev–Trinajstić information content (AvgIpc) is 2.66. The van der Waals surface area contributed by atoms with Crippen LogP contribution in [0.2, 0.25) is 0 Å². The van der Waals surface area contributed by atoms with Gasteiger partial charge in [-0.25, -0.2) is 4.98 Å². The summed E-state index contributed by atoms with van der Waals surface area (Å²) in [6.07, 6.45) is 1.04. The predicted octanol–water partition coefficient (Wildman–Crippen LogP) is 5.23. The van der Waals surface area contributed by atoms with Crippen LogP contribution in [0.25, 0.3) is 0 Å². The van der Waals surface area contributed by atoms with Gasteiger partial charge in [-0.05, 0) is 44.0 Å². The van der Waals surface area contributed by atoms with E-state index in [0.717, 1.165) is 12.1 Å². The number of terminal acetylenes is 1. The predicted molar refractivity (Wildman–Crippen MR) is 109 cm³/mol. The van der Waals surface area contributed by atoms with E-state index in [1.807, 2.05) is 13.8 Å². The van der Waals surface area contributed by atoms with Crippen molar-refractivity contribution in [3.8, 4) is 12.3 Å². The largest absolute Gasteiger partial charge is 0.433 e. The van der Waals surface area contributed by atoms with E-state index in [-0.39, 0.29) is 17.3 Å². The topological polar surface area (TPSA) is 45.2 Å². The Balaban J connectivity index is 2.59. The SMILES string of the molecule is C#CC(C)(C)N(C(=O)c1ccc(C(F)(F)F)nc1NCC(C)C)c1ccccc1. The molecule has 0 aliphatic rings. The van der Waals surface area contributed by atoms with Gasteiger partial charge in [-0.1, -0.05) is 38.0 Å². The minimum atomic E-state index is -4.62. The molecular formula is C22H24F3N3O. The van der Waals surface area contributed by atoms with Crippen LogP contribution in [-0.4, -0.2) is 23.0 Å². The molecule has 0 atom stereocenters. The number of hydrogen-bond acceptors (Lipinski definition) is 3. The minimum absolute atomic E-state index is 0.0193. The van der Waals surface area contributed by atoms with Gasteiger partial charge in [-0.15, -0.1) is 6.42 Å². The number of nitrogens with one attached hydrogen (secondary N) is 1. The molecule has 7 heteroatoms. The smallest absolute Gasteiger partial charge is 0.369 e. The summed E-state index contributed by atoms with van der Waals surface area (Å²) in [5.74, 6) is 2.07. The standard InChI is InChI=1S/C22H24F3N3O/c1-6-21(4,5)28(16-10-8-7-9-11-16)20(29)17-12-13-18(22(23,24)25)27-19(17)26-14-15(2)3/h1,7-13,15H,14H2,2-5H3,(H,26,27). The van der Waals surface area contributed by atoms with E-state index in [1.54, 1.807) is 44.2 Å². The maximum Gasteiger partial charge on any atom is 0.433 e. The molecule has 29 heavy (non-hydrogen) atoms. The van der Waals surface area contributed by atoms with Crippen molar-refractivity contribution in [2.24, 2.45) is 5.92 Å². The number of hydrogen-bond donors (Lipinski definition) is 1. The summed E-state index contributed by atoms with van der Waals surface area (Å²) in [5.41, 5.74) is -1.53. The molecule has 0 unspecified atom stereocenters. The van der Waals surface area contributed by atoms with E-state index in [1.165, 1.54) is 4.90 Å². The van der Waals surface area contributed by atoms with Crippen LogP contribution in [0.3, 0.4) is 0 Å². The zero-order valence-corrected chi connectivity index (χ0v) is 16.8. The molecule has 1 aromatic carbocycles. The third kappa shape index (κ3) is 5.29. The van der Waals surface area contributed by atoms with Crippen LogP contribution in [0, 0.1) is 18.3 Å². The van der Waals surface area contributed by atoms with Gasteiger partial charge in [-0.2, -0.15) is 13.2 Å². The number of amides is 1. The van der Waals surface area contributed by atoms with Crippen molar-refractivity contribution in [1.29, 1.82) is 0 Å². The third-order valence-corrected chi connectivity index (χ3v) is 4.22. The molecule has 0 aliphatic heterocycles. The molecular weight excluding hydrogens is 379 g/mol. The molecule has 4 nitrogen and oxygen atoms in total. The monoisotopic (exact) mass is 403 g/mol. The summed E-state index contributed by atoms with van der Waals surface area (Å²) in [6.45, 7) is 7.55. The molecule has 154 valence electrons. The van der Waals surface area contributed by atoms with Gasteiger partial charge >= 0.3 is 6.18 Å². The molecule has 0 radical (unpaired) electrons. The summed E-state index contributed by atoms with van der Waals surface area (Å²) >= 11 is 0. The van der Waals surface area contributed by atoms with Crippen molar-refractivity contribution in [3.05, 3.63) is 53.7 Å². The number of carbonyl (C=O) groups is 1. The normalized spacial score (nSPS) is 11.8. The van der Waals surface area contributed by atoms with Crippen LogP contribution in [0.15, 0.2) is 42.5 Å². The summed E-state index contributed by atoms with van der Waals surface area (Å²) in [4.78, 5) is 18.5. The first-order valence-electron chi connectivity index (χ1n) is 9.17. The lowest BCUT2D eigenvalue weighted by molar-refractivity contribution is -0.141. The maximum atomic E-state index is 13.4. The van der Waals surface area contributed by atoms with Gasteiger partial charge in [-0.3, -0.25) is 9.69 Å². The first-order chi connectivity index (χ1) is 13.5. The van der Waals surface area contributed by atoms with E-state index in [0.29, 0.717) is 12.2 Å². The molecule has 2 rings (SSSR count). The average molecular weight is 403 g/mol. The van der Waals surface area contributed by atoms with Gasteiger partial charge in [0, 0.05) is 12.2 Å². The molecule has 0 saturated heterocycles. The van der Waals surface area contributed by atoms with Crippen LogP contribution in [0.5, 0.6) is 0 Å². The summed E-state index contributed by atoms with van der Waals surface area (Å²) < 4.78 is 39.5. The number of pyridine rings is 1. The Hall–Kier alpha value is -3.01. The maximum absolute atomic E-state index is 13.4. The van der Waals surface area contributed by atoms with Gasteiger partial charge in [0.15, 0.2) is 0 Å². The van der Waals surface area contributed by atoms with Crippen molar-refractivity contribution in [3.63, 3.8) is 0 Å². The number of halogens is 3. The molecule has 0 aliphatic carbocycles. The number of carbonyl (C=O) groups excluding carboxylic acids is 1. The number of anilines is 2. The molecule has 0 saturated carbocycles. The van der Waals surface area contributed by atoms with Crippen LogP contribution in [-0.2, 0) is 6.18 Å². The Morgan fingerprint density at radius 1 is 1.17 bits per heavy atom. The molecule has 1 heterocycles. The Morgan fingerprint density at radius 2 is 1.79 bits per heavy atom. The molecule has 2 aromatic rings. The van der Waals surface area contributed by atoms with Crippen LogP contribution < -0.4 is 10.2 Å². The Labute approximate surface area is 169 Å². The lowest BCUT2D eigenvalue weighted by atomic mass is 10.0. The van der Waals surface area contributed by atoms with E-state index in [4.69, 9.17) is 6.42 Å². The minimum Gasteiger partial charge on any atom is -0.369 e. The van der Waals surface area contributed by atoms with Crippen molar-refractivity contribution in [1.82, 2.24) is 4.98 Å². The number of nitrogens with zero attached hydrogens (tertiary/aromatic N) is 2. The van der Waals surface area contributed by atoms with Gasteiger partial charge in [0.1, 0.15) is 17.1 Å². The van der Waals surface area contributed by atoms with Crippen molar-refractivity contribution in [2.45, 2.75) is 39.4 Å². The van der Waals surface area contributed by atoms with Crippen LogP contribution in [0.4, 0.5) is 24.7 Å². The number of alkyl halides is 3. The van der Waals surface area contributed by atoms with Gasteiger partial charge in [0.25, 0.3) is 5.91 Å². The summed E-state index contributed by atoms with van der Waals surface area (Å²) in [6, 6.07) is 10.7.